The number of rotatable bonds is 4. The summed E-state index contributed by atoms with van der Waals surface area (Å²) in [6.07, 6.45) is 1.77. The van der Waals surface area contributed by atoms with E-state index in [0.717, 1.165) is 18.4 Å². The first kappa shape index (κ1) is 16.6. The van der Waals surface area contributed by atoms with Gasteiger partial charge in [-0.2, -0.15) is 0 Å². The van der Waals surface area contributed by atoms with E-state index in [4.69, 9.17) is 4.42 Å². The van der Waals surface area contributed by atoms with Gasteiger partial charge >= 0.3 is 0 Å². The molecule has 0 fully saturated rings. The van der Waals surface area contributed by atoms with Gasteiger partial charge in [-0.05, 0) is 36.1 Å². The number of nitrogens with zero attached hydrogens (tertiary/aromatic N) is 1. The van der Waals surface area contributed by atoms with Crippen molar-refractivity contribution in [3.8, 4) is 0 Å². The molecule has 0 saturated heterocycles. The molecule has 1 aliphatic heterocycles. The zero-order valence-electron chi connectivity index (χ0n) is 15.0. The number of benzene rings is 2. The van der Waals surface area contributed by atoms with E-state index in [2.05, 4.69) is 19.1 Å². The van der Waals surface area contributed by atoms with Gasteiger partial charge in [-0.15, -0.1) is 0 Å². The topological polar surface area (TPSA) is 50.5 Å². The van der Waals surface area contributed by atoms with Crippen molar-refractivity contribution in [3.63, 3.8) is 0 Å². The number of carbonyl (C=O) groups excluding carboxylic acids is 1. The molecule has 0 saturated carbocycles. The molecule has 2 heterocycles. The van der Waals surface area contributed by atoms with Crippen molar-refractivity contribution in [2.45, 2.75) is 32.7 Å². The van der Waals surface area contributed by atoms with E-state index >= 15 is 0 Å². The van der Waals surface area contributed by atoms with Gasteiger partial charge in [0.15, 0.2) is 5.43 Å². The fourth-order valence-corrected chi connectivity index (χ4v) is 3.72. The molecule has 1 amide bonds. The Labute approximate surface area is 152 Å². The number of fused-ring (bicyclic) bond motifs is 2. The van der Waals surface area contributed by atoms with Gasteiger partial charge in [0, 0.05) is 6.54 Å². The largest absolute Gasteiger partial charge is 0.450 e. The SMILES string of the molecule is CCCN1C(=O)c2oc3ccccc3c(=O)c2C1c1ccc(CC)cc1. The fourth-order valence-electron chi connectivity index (χ4n) is 3.72. The van der Waals surface area contributed by atoms with E-state index in [-0.39, 0.29) is 23.1 Å². The highest BCUT2D eigenvalue weighted by molar-refractivity contribution is 5.99. The van der Waals surface area contributed by atoms with Crippen LogP contribution in [-0.2, 0) is 6.42 Å². The van der Waals surface area contributed by atoms with Crippen LogP contribution in [0.15, 0.2) is 57.7 Å². The maximum Gasteiger partial charge on any atom is 0.290 e. The third kappa shape index (κ3) is 2.45. The predicted octanol–water partition coefficient (Wildman–Crippen LogP) is 4.31. The Hall–Kier alpha value is -2.88. The lowest BCUT2D eigenvalue weighted by Gasteiger charge is -2.24. The minimum Gasteiger partial charge on any atom is -0.450 e. The van der Waals surface area contributed by atoms with E-state index in [9.17, 15) is 9.59 Å². The van der Waals surface area contributed by atoms with Crippen LogP contribution in [0.3, 0.4) is 0 Å². The summed E-state index contributed by atoms with van der Waals surface area (Å²) in [5.74, 6) is -0.0130. The monoisotopic (exact) mass is 347 g/mol. The van der Waals surface area contributed by atoms with Gasteiger partial charge in [-0.1, -0.05) is 50.2 Å². The van der Waals surface area contributed by atoms with Crippen LogP contribution < -0.4 is 5.43 Å². The molecule has 0 radical (unpaired) electrons. The molecule has 4 heteroatoms. The highest BCUT2D eigenvalue weighted by Gasteiger charge is 2.42. The first-order valence-corrected chi connectivity index (χ1v) is 9.11. The lowest BCUT2D eigenvalue weighted by Crippen LogP contribution is -2.30. The molecule has 1 aromatic heterocycles. The smallest absolute Gasteiger partial charge is 0.290 e. The number of carbonyl (C=O) groups is 1. The average Bonchev–Trinajstić information content (AvgIpc) is 2.95. The average molecular weight is 347 g/mol. The fraction of sp³-hybridized carbons (Fsp3) is 0.273. The van der Waals surface area contributed by atoms with Gasteiger partial charge < -0.3 is 9.32 Å². The Morgan fingerprint density at radius 1 is 1.00 bits per heavy atom. The number of hydrogen-bond acceptors (Lipinski definition) is 3. The van der Waals surface area contributed by atoms with Crippen LogP contribution in [0.5, 0.6) is 0 Å². The second-order valence-electron chi connectivity index (χ2n) is 6.67. The molecule has 0 spiro atoms. The van der Waals surface area contributed by atoms with E-state index in [0.29, 0.717) is 23.1 Å². The minimum atomic E-state index is -0.385. The summed E-state index contributed by atoms with van der Waals surface area (Å²) in [5.41, 5.74) is 2.99. The van der Waals surface area contributed by atoms with Gasteiger partial charge in [-0.25, -0.2) is 0 Å². The quantitative estimate of drug-likeness (QED) is 0.706. The standard InChI is InChI=1S/C22H21NO3/c1-3-13-23-19(15-11-9-14(4-2)10-12-15)18-20(24)16-7-5-6-8-17(16)26-21(18)22(23)25/h5-12,19H,3-4,13H2,1-2H3. The third-order valence-corrected chi connectivity index (χ3v) is 5.04. The maximum atomic E-state index is 13.2. The van der Waals surface area contributed by atoms with Crippen LogP contribution in [0.25, 0.3) is 11.0 Å². The molecule has 132 valence electrons. The van der Waals surface area contributed by atoms with Crippen molar-refractivity contribution in [1.82, 2.24) is 4.90 Å². The number of aryl methyl sites for hydroxylation is 1. The first-order valence-electron chi connectivity index (χ1n) is 9.11. The van der Waals surface area contributed by atoms with Gasteiger partial charge in [0.05, 0.1) is 17.0 Å². The van der Waals surface area contributed by atoms with E-state index in [1.54, 1.807) is 17.0 Å². The van der Waals surface area contributed by atoms with Crippen molar-refractivity contribution in [2.24, 2.45) is 0 Å². The molecule has 0 aliphatic carbocycles. The van der Waals surface area contributed by atoms with Gasteiger partial charge in [-0.3, -0.25) is 9.59 Å². The number of para-hydroxylation sites is 1. The second kappa shape index (κ2) is 6.45. The predicted molar refractivity (Wildman–Crippen MR) is 101 cm³/mol. The molecule has 1 atom stereocenters. The number of amides is 1. The molecule has 4 rings (SSSR count). The number of hydrogen-bond donors (Lipinski definition) is 0. The van der Waals surface area contributed by atoms with Crippen LogP contribution in [-0.4, -0.2) is 17.4 Å². The molecule has 3 aromatic rings. The molecule has 1 aliphatic rings. The van der Waals surface area contributed by atoms with Crippen molar-refractivity contribution < 1.29 is 9.21 Å². The summed E-state index contributed by atoms with van der Waals surface area (Å²) < 4.78 is 5.88. The summed E-state index contributed by atoms with van der Waals surface area (Å²) in [7, 11) is 0. The van der Waals surface area contributed by atoms with Crippen molar-refractivity contribution >= 4 is 16.9 Å². The summed E-state index contributed by atoms with van der Waals surface area (Å²) in [6.45, 7) is 4.71. The Balaban J connectivity index is 1.96. The normalized spacial score (nSPS) is 16.3. The van der Waals surface area contributed by atoms with Crippen molar-refractivity contribution in [1.29, 1.82) is 0 Å². The maximum absolute atomic E-state index is 13.2. The van der Waals surface area contributed by atoms with Crippen LogP contribution in [0.2, 0.25) is 0 Å². The molecule has 0 N–H and O–H groups in total. The van der Waals surface area contributed by atoms with Crippen LogP contribution in [0.1, 0.15) is 53.6 Å². The molecular formula is C22H21NO3. The lowest BCUT2D eigenvalue weighted by atomic mass is 9.97. The van der Waals surface area contributed by atoms with Crippen molar-refractivity contribution in [3.05, 3.63) is 81.2 Å². The van der Waals surface area contributed by atoms with E-state index < -0.39 is 0 Å². The zero-order chi connectivity index (χ0) is 18.3. The molecule has 4 nitrogen and oxygen atoms in total. The van der Waals surface area contributed by atoms with Gasteiger partial charge in [0.25, 0.3) is 5.91 Å². The minimum absolute atomic E-state index is 0.113. The molecule has 0 bridgehead atoms. The first-order chi connectivity index (χ1) is 12.7. The van der Waals surface area contributed by atoms with Gasteiger partial charge in [0.1, 0.15) is 5.58 Å². The summed E-state index contributed by atoms with van der Waals surface area (Å²) in [5, 5.41) is 0.521. The zero-order valence-corrected chi connectivity index (χ0v) is 15.0. The summed E-state index contributed by atoms with van der Waals surface area (Å²) in [4.78, 5) is 27.9. The highest BCUT2D eigenvalue weighted by atomic mass is 16.3. The molecular weight excluding hydrogens is 326 g/mol. The van der Waals surface area contributed by atoms with E-state index in [1.165, 1.54) is 5.56 Å². The highest BCUT2D eigenvalue weighted by Crippen LogP contribution is 2.38. The van der Waals surface area contributed by atoms with Crippen LogP contribution in [0.4, 0.5) is 0 Å². The lowest BCUT2D eigenvalue weighted by molar-refractivity contribution is 0.0728. The van der Waals surface area contributed by atoms with Crippen LogP contribution in [0, 0.1) is 0 Å². The summed E-state index contributed by atoms with van der Waals surface area (Å²) >= 11 is 0. The Bertz CT molecular complexity index is 1030. The van der Waals surface area contributed by atoms with Gasteiger partial charge in [0.2, 0.25) is 5.76 Å². The summed E-state index contributed by atoms with van der Waals surface area (Å²) in [6, 6.07) is 14.9. The molecule has 2 aromatic carbocycles. The third-order valence-electron chi connectivity index (χ3n) is 5.04. The van der Waals surface area contributed by atoms with E-state index in [1.807, 2.05) is 31.2 Å². The Morgan fingerprint density at radius 3 is 2.42 bits per heavy atom. The van der Waals surface area contributed by atoms with Crippen molar-refractivity contribution in [2.75, 3.05) is 6.54 Å². The molecule has 1 unspecified atom stereocenters. The second-order valence-corrected chi connectivity index (χ2v) is 6.67. The Kier molecular flexibility index (Phi) is 4.11. The Morgan fingerprint density at radius 2 is 1.73 bits per heavy atom. The van der Waals surface area contributed by atoms with Crippen LogP contribution >= 0.6 is 0 Å². The molecule has 26 heavy (non-hydrogen) atoms.